The zero-order chi connectivity index (χ0) is 17.3. The number of rotatable bonds is 3. The summed E-state index contributed by atoms with van der Waals surface area (Å²) < 4.78 is 2.02. The van der Waals surface area contributed by atoms with E-state index in [1.807, 2.05) is 24.7 Å². The average molecular weight is 326 g/mol. The molecular formula is C19H26N4O. The van der Waals surface area contributed by atoms with Gasteiger partial charge in [0.25, 0.3) is 0 Å². The van der Waals surface area contributed by atoms with Crippen LogP contribution in [0.5, 0.6) is 0 Å². The predicted octanol–water partition coefficient (Wildman–Crippen LogP) is 3.57. The Morgan fingerprint density at radius 2 is 2.08 bits per heavy atom. The fourth-order valence-electron chi connectivity index (χ4n) is 3.25. The Labute approximate surface area is 143 Å². The zero-order valence-corrected chi connectivity index (χ0v) is 14.9. The summed E-state index contributed by atoms with van der Waals surface area (Å²) in [5, 5.41) is 10.6. The molecule has 0 saturated carbocycles. The maximum atomic E-state index is 12.0. The van der Waals surface area contributed by atoms with Crippen LogP contribution in [0.4, 0.5) is 4.79 Å². The van der Waals surface area contributed by atoms with Gasteiger partial charge in [-0.15, -0.1) is 0 Å². The number of hydrogen-bond donors (Lipinski definition) is 2. The van der Waals surface area contributed by atoms with Gasteiger partial charge in [0.1, 0.15) is 0 Å². The summed E-state index contributed by atoms with van der Waals surface area (Å²) in [6.07, 6.45) is 4.91. The fourth-order valence-corrected chi connectivity index (χ4v) is 3.25. The highest BCUT2D eigenvalue weighted by atomic mass is 16.2. The first-order chi connectivity index (χ1) is 11.5. The lowest BCUT2D eigenvalue weighted by Crippen LogP contribution is -2.42. The van der Waals surface area contributed by atoms with Crippen molar-refractivity contribution in [3.8, 4) is 5.69 Å². The summed E-state index contributed by atoms with van der Waals surface area (Å²) in [6, 6.07) is 6.47. The van der Waals surface area contributed by atoms with Crippen LogP contribution in [-0.2, 0) is 6.42 Å². The molecule has 0 saturated heterocycles. The Balaban J connectivity index is 1.87. The summed E-state index contributed by atoms with van der Waals surface area (Å²) in [7, 11) is 0. The van der Waals surface area contributed by atoms with Crippen molar-refractivity contribution in [2.45, 2.75) is 59.0 Å². The summed E-state index contributed by atoms with van der Waals surface area (Å²) in [4.78, 5) is 12.0. The maximum absolute atomic E-state index is 12.0. The number of carbonyl (C=O) groups is 1. The molecule has 128 valence electrons. The molecule has 0 fully saturated rings. The molecular weight excluding hydrogens is 300 g/mol. The number of benzene rings is 1. The SMILES string of the molecule is Cc1ccc(-n2ncc3c2CCC[C@@H]3NC(=O)NC(C)C)cc1C. The van der Waals surface area contributed by atoms with Gasteiger partial charge in [-0.3, -0.25) is 0 Å². The van der Waals surface area contributed by atoms with Crippen molar-refractivity contribution in [3.05, 3.63) is 46.8 Å². The van der Waals surface area contributed by atoms with E-state index in [9.17, 15) is 4.79 Å². The molecule has 0 bridgehead atoms. The highest BCUT2D eigenvalue weighted by Gasteiger charge is 2.26. The third kappa shape index (κ3) is 3.30. The third-order valence-corrected chi connectivity index (χ3v) is 4.64. The van der Waals surface area contributed by atoms with Gasteiger partial charge in [0.15, 0.2) is 0 Å². The summed E-state index contributed by atoms with van der Waals surface area (Å²) in [5.41, 5.74) is 5.98. The molecule has 2 N–H and O–H groups in total. The van der Waals surface area contributed by atoms with Gasteiger partial charge in [-0.25, -0.2) is 9.48 Å². The van der Waals surface area contributed by atoms with Crippen LogP contribution in [-0.4, -0.2) is 21.9 Å². The van der Waals surface area contributed by atoms with E-state index in [4.69, 9.17) is 0 Å². The van der Waals surface area contributed by atoms with E-state index in [2.05, 4.69) is 47.8 Å². The lowest BCUT2D eigenvalue weighted by Gasteiger charge is -2.25. The molecule has 5 heteroatoms. The molecule has 1 aromatic heterocycles. The van der Waals surface area contributed by atoms with Crippen molar-refractivity contribution in [2.75, 3.05) is 0 Å². The number of fused-ring (bicyclic) bond motifs is 1. The molecule has 0 unspecified atom stereocenters. The van der Waals surface area contributed by atoms with E-state index < -0.39 is 0 Å². The molecule has 1 aromatic carbocycles. The topological polar surface area (TPSA) is 59.0 Å². The summed E-state index contributed by atoms with van der Waals surface area (Å²) in [5.74, 6) is 0. The number of carbonyl (C=O) groups excluding carboxylic acids is 1. The second-order valence-electron chi connectivity index (χ2n) is 6.94. The first-order valence-electron chi connectivity index (χ1n) is 8.67. The molecule has 0 aliphatic heterocycles. The highest BCUT2D eigenvalue weighted by molar-refractivity contribution is 5.74. The lowest BCUT2D eigenvalue weighted by molar-refractivity contribution is 0.233. The molecule has 0 spiro atoms. The summed E-state index contributed by atoms with van der Waals surface area (Å²) >= 11 is 0. The van der Waals surface area contributed by atoms with Crippen molar-refractivity contribution in [1.82, 2.24) is 20.4 Å². The number of aryl methyl sites for hydroxylation is 2. The molecule has 1 aliphatic rings. The molecule has 1 aliphatic carbocycles. The number of amides is 2. The van der Waals surface area contributed by atoms with Crippen LogP contribution >= 0.6 is 0 Å². The van der Waals surface area contributed by atoms with Gasteiger partial charge in [-0.05, 0) is 70.2 Å². The van der Waals surface area contributed by atoms with E-state index >= 15 is 0 Å². The van der Waals surface area contributed by atoms with Crippen LogP contribution in [0.15, 0.2) is 24.4 Å². The van der Waals surface area contributed by atoms with E-state index in [-0.39, 0.29) is 18.1 Å². The van der Waals surface area contributed by atoms with Gasteiger partial charge in [0.2, 0.25) is 0 Å². The Hall–Kier alpha value is -2.30. The van der Waals surface area contributed by atoms with Gasteiger partial charge in [-0.1, -0.05) is 6.07 Å². The van der Waals surface area contributed by atoms with Gasteiger partial charge in [0, 0.05) is 17.3 Å². The van der Waals surface area contributed by atoms with Crippen molar-refractivity contribution in [1.29, 1.82) is 0 Å². The third-order valence-electron chi connectivity index (χ3n) is 4.64. The van der Waals surface area contributed by atoms with Crippen LogP contribution in [0.1, 0.15) is 55.1 Å². The molecule has 0 radical (unpaired) electrons. The highest BCUT2D eigenvalue weighted by Crippen LogP contribution is 2.31. The number of hydrogen-bond acceptors (Lipinski definition) is 2. The fraction of sp³-hybridized carbons (Fsp3) is 0.474. The molecule has 2 aromatic rings. The normalized spacial score (nSPS) is 16.8. The van der Waals surface area contributed by atoms with Crippen molar-refractivity contribution in [3.63, 3.8) is 0 Å². The minimum absolute atomic E-state index is 0.0350. The van der Waals surface area contributed by atoms with Crippen LogP contribution in [0, 0.1) is 13.8 Å². The van der Waals surface area contributed by atoms with Gasteiger partial charge in [-0.2, -0.15) is 5.10 Å². The molecule has 1 heterocycles. The van der Waals surface area contributed by atoms with Gasteiger partial charge >= 0.3 is 6.03 Å². The molecule has 24 heavy (non-hydrogen) atoms. The number of urea groups is 1. The molecule has 2 amide bonds. The second kappa shape index (κ2) is 6.67. The standard InChI is InChI=1S/C19H26N4O/c1-12(2)21-19(24)22-17-6-5-7-18-16(17)11-20-23(18)15-9-8-13(3)14(4)10-15/h8-12,17H,5-7H2,1-4H3,(H2,21,22,24)/t17-/m0/s1. The van der Waals surface area contributed by atoms with Crippen LogP contribution in [0.25, 0.3) is 5.69 Å². The number of nitrogens with zero attached hydrogens (tertiary/aromatic N) is 2. The Bertz CT molecular complexity index is 748. The predicted molar refractivity (Wildman–Crippen MR) is 95.5 cm³/mol. The average Bonchev–Trinajstić information content (AvgIpc) is 2.94. The molecule has 3 rings (SSSR count). The monoisotopic (exact) mass is 326 g/mol. The summed E-state index contributed by atoms with van der Waals surface area (Å²) in [6.45, 7) is 8.16. The van der Waals surface area contributed by atoms with E-state index in [1.165, 1.54) is 16.8 Å². The Morgan fingerprint density at radius 1 is 1.29 bits per heavy atom. The van der Waals surface area contributed by atoms with Gasteiger partial charge in [0.05, 0.1) is 17.9 Å². The quantitative estimate of drug-likeness (QED) is 0.906. The first kappa shape index (κ1) is 16.6. The Kier molecular flexibility index (Phi) is 4.60. The largest absolute Gasteiger partial charge is 0.336 e. The molecule has 1 atom stereocenters. The Morgan fingerprint density at radius 3 is 2.79 bits per heavy atom. The van der Waals surface area contributed by atoms with Crippen LogP contribution in [0.2, 0.25) is 0 Å². The lowest BCUT2D eigenvalue weighted by atomic mass is 9.93. The van der Waals surface area contributed by atoms with Crippen molar-refractivity contribution >= 4 is 6.03 Å². The maximum Gasteiger partial charge on any atom is 0.315 e. The smallest absolute Gasteiger partial charge is 0.315 e. The van der Waals surface area contributed by atoms with Crippen LogP contribution < -0.4 is 10.6 Å². The van der Waals surface area contributed by atoms with E-state index in [0.29, 0.717) is 0 Å². The number of aromatic nitrogens is 2. The minimum Gasteiger partial charge on any atom is -0.336 e. The van der Waals surface area contributed by atoms with Crippen molar-refractivity contribution in [2.24, 2.45) is 0 Å². The van der Waals surface area contributed by atoms with Crippen molar-refractivity contribution < 1.29 is 4.79 Å². The first-order valence-corrected chi connectivity index (χ1v) is 8.67. The molecule has 5 nitrogen and oxygen atoms in total. The zero-order valence-electron chi connectivity index (χ0n) is 14.9. The van der Waals surface area contributed by atoms with Crippen LogP contribution in [0.3, 0.4) is 0 Å². The minimum atomic E-state index is -0.109. The van der Waals surface area contributed by atoms with E-state index in [1.54, 1.807) is 0 Å². The van der Waals surface area contributed by atoms with E-state index in [0.717, 1.165) is 30.5 Å². The van der Waals surface area contributed by atoms with Gasteiger partial charge < -0.3 is 10.6 Å². The second-order valence-corrected chi connectivity index (χ2v) is 6.94. The number of nitrogens with one attached hydrogen (secondary N) is 2.